The van der Waals surface area contributed by atoms with E-state index in [4.69, 9.17) is 10.5 Å². The summed E-state index contributed by atoms with van der Waals surface area (Å²) in [5, 5.41) is 2.84. The number of anilines is 1. The molecule has 0 fully saturated rings. The highest BCUT2D eigenvalue weighted by molar-refractivity contribution is 5.68. The monoisotopic (exact) mass is 305 g/mol. The number of hydrogen-bond donors (Lipinski definition) is 2. The van der Waals surface area contributed by atoms with Crippen LogP contribution in [0.1, 0.15) is 32.8 Å². The zero-order valence-corrected chi connectivity index (χ0v) is 13.8. The summed E-state index contributed by atoms with van der Waals surface area (Å²) in [5.41, 5.74) is 8.04. The van der Waals surface area contributed by atoms with Crippen molar-refractivity contribution < 1.29 is 9.53 Å². The fourth-order valence-electron chi connectivity index (χ4n) is 2.78. The molecule has 22 heavy (non-hydrogen) atoms. The van der Waals surface area contributed by atoms with E-state index in [2.05, 4.69) is 28.4 Å². The van der Waals surface area contributed by atoms with E-state index in [9.17, 15) is 4.79 Å². The van der Waals surface area contributed by atoms with Crippen LogP contribution in [0, 0.1) is 0 Å². The number of nitrogens with zero attached hydrogens (tertiary/aromatic N) is 1. The van der Waals surface area contributed by atoms with Gasteiger partial charge in [0.2, 0.25) is 0 Å². The summed E-state index contributed by atoms with van der Waals surface area (Å²) >= 11 is 0. The standard InChI is InChI=1S/C17H27N3O2/c1-17(2,3)22-16(21)19-12-14(11-18)20-10-6-8-13-7-4-5-9-15(13)20/h4-5,7,9,14H,6,8,10-12,18H2,1-3H3,(H,19,21). The van der Waals surface area contributed by atoms with Crippen LogP contribution in [0.3, 0.4) is 0 Å². The van der Waals surface area contributed by atoms with Gasteiger partial charge in [-0.1, -0.05) is 18.2 Å². The first-order chi connectivity index (χ1) is 10.4. The summed E-state index contributed by atoms with van der Waals surface area (Å²) in [7, 11) is 0. The highest BCUT2D eigenvalue weighted by Crippen LogP contribution is 2.28. The van der Waals surface area contributed by atoms with Crippen molar-refractivity contribution in [2.45, 2.75) is 45.3 Å². The highest BCUT2D eigenvalue weighted by atomic mass is 16.6. The number of amides is 1. The average Bonchev–Trinajstić information content (AvgIpc) is 2.46. The molecule has 0 spiro atoms. The van der Waals surface area contributed by atoms with Gasteiger partial charge in [0.25, 0.3) is 0 Å². The van der Waals surface area contributed by atoms with Crippen molar-refractivity contribution in [2.75, 3.05) is 24.5 Å². The molecule has 0 bridgehead atoms. The number of alkyl carbamates (subject to hydrolysis) is 1. The Morgan fingerprint density at radius 3 is 2.82 bits per heavy atom. The van der Waals surface area contributed by atoms with E-state index in [0.29, 0.717) is 13.1 Å². The van der Waals surface area contributed by atoms with Crippen LogP contribution in [-0.4, -0.2) is 37.4 Å². The minimum atomic E-state index is -0.486. The molecule has 122 valence electrons. The second-order valence-corrected chi connectivity index (χ2v) is 6.70. The van der Waals surface area contributed by atoms with E-state index >= 15 is 0 Å². The van der Waals surface area contributed by atoms with Crippen LogP contribution in [-0.2, 0) is 11.2 Å². The van der Waals surface area contributed by atoms with Crippen molar-refractivity contribution in [3.05, 3.63) is 29.8 Å². The van der Waals surface area contributed by atoms with E-state index in [0.717, 1.165) is 19.4 Å². The van der Waals surface area contributed by atoms with E-state index in [1.807, 2.05) is 26.8 Å². The van der Waals surface area contributed by atoms with Crippen molar-refractivity contribution in [1.29, 1.82) is 0 Å². The minimum absolute atomic E-state index is 0.0777. The van der Waals surface area contributed by atoms with Gasteiger partial charge < -0.3 is 20.7 Å². The molecule has 0 radical (unpaired) electrons. The van der Waals surface area contributed by atoms with E-state index in [1.54, 1.807) is 0 Å². The van der Waals surface area contributed by atoms with Crippen LogP contribution in [0.2, 0.25) is 0 Å². The van der Waals surface area contributed by atoms with Crippen LogP contribution in [0.25, 0.3) is 0 Å². The summed E-state index contributed by atoms with van der Waals surface area (Å²) in [4.78, 5) is 14.1. The first-order valence-electron chi connectivity index (χ1n) is 7.92. The third-order valence-corrected chi connectivity index (χ3v) is 3.74. The predicted octanol–water partition coefficient (Wildman–Crippen LogP) is 2.29. The molecule has 1 aliphatic heterocycles. The SMILES string of the molecule is CC(C)(C)OC(=O)NCC(CN)N1CCCc2ccccc21. The summed E-state index contributed by atoms with van der Waals surface area (Å²) in [6, 6.07) is 8.49. The Balaban J connectivity index is 1.99. The molecule has 1 unspecified atom stereocenters. The lowest BCUT2D eigenvalue weighted by molar-refractivity contribution is 0.0524. The van der Waals surface area contributed by atoms with Gasteiger partial charge in [-0.25, -0.2) is 4.79 Å². The number of fused-ring (bicyclic) bond motifs is 1. The van der Waals surface area contributed by atoms with Gasteiger partial charge >= 0.3 is 6.09 Å². The van der Waals surface area contributed by atoms with Gasteiger partial charge in [0, 0.05) is 25.3 Å². The molecule has 1 atom stereocenters. The van der Waals surface area contributed by atoms with Crippen LogP contribution < -0.4 is 16.0 Å². The highest BCUT2D eigenvalue weighted by Gasteiger charge is 2.24. The molecule has 2 rings (SSSR count). The number of aryl methyl sites for hydroxylation is 1. The number of nitrogens with two attached hydrogens (primary N) is 1. The quantitative estimate of drug-likeness (QED) is 0.895. The van der Waals surface area contributed by atoms with Gasteiger partial charge in [0.1, 0.15) is 5.60 Å². The van der Waals surface area contributed by atoms with Gasteiger partial charge in [-0.2, -0.15) is 0 Å². The van der Waals surface area contributed by atoms with Crippen LogP contribution in [0.4, 0.5) is 10.5 Å². The number of hydrogen-bond acceptors (Lipinski definition) is 4. The summed E-state index contributed by atoms with van der Waals surface area (Å²) in [6.07, 6.45) is 1.82. The fourth-order valence-corrected chi connectivity index (χ4v) is 2.78. The Morgan fingerprint density at radius 2 is 2.14 bits per heavy atom. The maximum atomic E-state index is 11.8. The van der Waals surface area contributed by atoms with E-state index in [-0.39, 0.29) is 6.04 Å². The van der Waals surface area contributed by atoms with E-state index < -0.39 is 11.7 Å². The Labute approximate surface area is 132 Å². The first-order valence-corrected chi connectivity index (χ1v) is 7.92. The summed E-state index contributed by atoms with van der Waals surface area (Å²) in [5.74, 6) is 0. The molecule has 5 nitrogen and oxygen atoms in total. The molecule has 1 aliphatic rings. The van der Waals surface area contributed by atoms with Crippen molar-refractivity contribution in [2.24, 2.45) is 5.73 Å². The molecule has 0 aromatic heterocycles. The molecule has 1 amide bonds. The van der Waals surface area contributed by atoms with Gasteiger partial charge in [-0.05, 0) is 45.2 Å². The first kappa shape index (κ1) is 16.6. The molecule has 0 aliphatic carbocycles. The number of nitrogens with one attached hydrogen (secondary N) is 1. The zero-order valence-electron chi connectivity index (χ0n) is 13.8. The molecule has 1 aromatic rings. The molecule has 1 aromatic carbocycles. The third-order valence-electron chi connectivity index (χ3n) is 3.74. The molecule has 5 heteroatoms. The lowest BCUT2D eigenvalue weighted by Gasteiger charge is -2.37. The van der Waals surface area contributed by atoms with Crippen LogP contribution >= 0.6 is 0 Å². The van der Waals surface area contributed by atoms with Crippen molar-refractivity contribution in [3.8, 4) is 0 Å². The third kappa shape index (κ3) is 4.37. The average molecular weight is 305 g/mol. The van der Waals surface area contributed by atoms with Gasteiger partial charge in [0.05, 0.1) is 6.04 Å². The van der Waals surface area contributed by atoms with Crippen molar-refractivity contribution >= 4 is 11.8 Å². The summed E-state index contributed by atoms with van der Waals surface area (Å²) < 4.78 is 5.28. The molecule has 0 saturated heterocycles. The van der Waals surface area contributed by atoms with Crippen LogP contribution in [0.15, 0.2) is 24.3 Å². The van der Waals surface area contributed by atoms with Crippen LogP contribution in [0.5, 0.6) is 0 Å². The fraction of sp³-hybridized carbons (Fsp3) is 0.588. The van der Waals surface area contributed by atoms with E-state index in [1.165, 1.54) is 11.3 Å². The number of rotatable bonds is 4. The summed E-state index contributed by atoms with van der Waals surface area (Å²) in [6.45, 7) is 7.51. The number of benzene rings is 1. The number of ether oxygens (including phenoxy) is 1. The number of carbonyl (C=O) groups is 1. The lowest BCUT2D eigenvalue weighted by atomic mass is 10.00. The predicted molar refractivity (Wildman–Crippen MR) is 89.2 cm³/mol. The molecule has 3 N–H and O–H groups in total. The Morgan fingerprint density at radius 1 is 1.41 bits per heavy atom. The minimum Gasteiger partial charge on any atom is -0.444 e. The topological polar surface area (TPSA) is 67.6 Å². The largest absolute Gasteiger partial charge is 0.444 e. The Hall–Kier alpha value is -1.75. The Kier molecular flexibility index (Phi) is 5.29. The van der Waals surface area contributed by atoms with Gasteiger partial charge in [0.15, 0.2) is 0 Å². The molecule has 0 saturated carbocycles. The zero-order chi connectivity index (χ0) is 16.2. The molecule has 1 heterocycles. The second-order valence-electron chi connectivity index (χ2n) is 6.70. The maximum absolute atomic E-state index is 11.8. The number of carbonyl (C=O) groups excluding carboxylic acids is 1. The smallest absolute Gasteiger partial charge is 0.407 e. The molecular formula is C17H27N3O2. The number of para-hydroxylation sites is 1. The van der Waals surface area contributed by atoms with Gasteiger partial charge in [-0.15, -0.1) is 0 Å². The molecular weight excluding hydrogens is 278 g/mol. The second kappa shape index (κ2) is 7.01. The normalized spacial score (nSPS) is 15.9. The maximum Gasteiger partial charge on any atom is 0.407 e. The Bertz CT molecular complexity index is 511. The lowest BCUT2D eigenvalue weighted by Crippen LogP contribution is -2.50. The van der Waals surface area contributed by atoms with Gasteiger partial charge in [-0.3, -0.25) is 0 Å². The van der Waals surface area contributed by atoms with Crippen molar-refractivity contribution in [1.82, 2.24) is 5.32 Å². The van der Waals surface area contributed by atoms with Crippen molar-refractivity contribution in [3.63, 3.8) is 0 Å².